The van der Waals surface area contributed by atoms with Crippen LogP contribution in [0.25, 0.3) is 5.76 Å². The van der Waals surface area contributed by atoms with Crippen LogP contribution in [0, 0.1) is 12.3 Å². The van der Waals surface area contributed by atoms with Crippen LogP contribution in [0.2, 0.25) is 0 Å². The van der Waals surface area contributed by atoms with Gasteiger partial charge < -0.3 is 15.4 Å². The van der Waals surface area contributed by atoms with Gasteiger partial charge in [-0.25, -0.2) is 0 Å². The standard InChI is InChI=1S/C20H20N2O2/c1-14-6-8-16(9-7-14)19(23)18(12-21)20(24)22-11-10-15-4-2-3-5-17(15)13-22/h2-9,12,21,23H,10-11,13H2,1H3/b19-18+,21-12?. The van der Waals surface area contributed by atoms with E-state index in [2.05, 4.69) is 6.07 Å². The van der Waals surface area contributed by atoms with E-state index in [1.54, 1.807) is 17.0 Å². The van der Waals surface area contributed by atoms with E-state index in [0.29, 0.717) is 18.7 Å². The Morgan fingerprint density at radius 3 is 2.46 bits per heavy atom. The second-order valence-corrected chi connectivity index (χ2v) is 6.02. The SMILES string of the molecule is Cc1ccc(/C(O)=C(/C=N)C(=O)N2CCc3ccccc3C2)cc1. The number of nitrogens with zero attached hydrogens (tertiary/aromatic N) is 1. The zero-order valence-corrected chi connectivity index (χ0v) is 13.6. The molecule has 0 unspecified atom stereocenters. The van der Waals surface area contributed by atoms with Crippen LogP contribution in [0.3, 0.4) is 0 Å². The topological polar surface area (TPSA) is 64.4 Å². The minimum absolute atomic E-state index is 0.0261. The number of benzene rings is 2. The molecule has 4 nitrogen and oxygen atoms in total. The molecule has 0 aromatic heterocycles. The molecule has 122 valence electrons. The molecule has 1 aliphatic rings. The summed E-state index contributed by atoms with van der Waals surface area (Å²) in [4.78, 5) is 14.5. The van der Waals surface area contributed by atoms with Gasteiger partial charge in [-0.3, -0.25) is 4.79 Å². The predicted octanol–water partition coefficient (Wildman–Crippen LogP) is 3.50. The van der Waals surface area contributed by atoms with Crippen LogP contribution in [0.15, 0.2) is 54.1 Å². The van der Waals surface area contributed by atoms with Crippen molar-refractivity contribution in [2.75, 3.05) is 6.54 Å². The molecule has 24 heavy (non-hydrogen) atoms. The number of hydrogen-bond donors (Lipinski definition) is 2. The molecule has 1 aliphatic heterocycles. The lowest BCUT2D eigenvalue weighted by molar-refractivity contribution is -0.127. The summed E-state index contributed by atoms with van der Waals surface area (Å²) in [5.41, 5.74) is 4.02. The first-order chi connectivity index (χ1) is 11.6. The van der Waals surface area contributed by atoms with Gasteiger partial charge in [0.2, 0.25) is 0 Å². The fourth-order valence-electron chi connectivity index (χ4n) is 2.94. The van der Waals surface area contributed by atoms with Crippen LogP contribution in [0.5, 0.6) is 0 Å². The molecule has 1 heterocycles. The van der Waals surface area contributed by atoms with Crippen molar-refractivity contribution < 1.29 is 9.90 Å². The molecule has 1 amide bonds. The van der Waals surface area contributed by atoms with Crippen LogP contribution in [0.1, 0.15) is 22.3 Å². The van der Waals surface area contributed by atoms with Gasteiger partial charge >= 0.3 is 0 Å². The zero-order chi connectivity index (χ0) is 17.1. The Morgan fingerprint density at radius 2 is 1.79 bits per heavy atom. The summed E-state index contributed by atoms with van der Waals surface area (Å²) in [5.74, 6) is -0.452. The van der Waals surface area contributed by atoms with Crippen LogP contribution >= 0.6 is 0 Å². The molecule has 2 aromatic carbocycles. The first-order valence-electron chi connectivity index (χ1n) is 7.97. The van der Waals surface area contributed by atoms with Gasteiger partial charge in [-0.15, -0.1) is 0 Å². The van der Waals surface area contributed by atoms with Crippen molar-refractivity contribution in [3.05, 3.63) is 76.4 Å². The zero-order valence-electron chi connectivity index (χ0n) is 13.6. The number of carbonyl (C=O) groups excluding carboxylic acids is 1. The Balaban J connectivity index is 1.88. The van der Waals surface area contributed by atoms with E-state index in [-0.39, 0.29) is 17.2 Å². The molecular weight excluding hydrogens is 300 g/mol. The molecule has 2 aromatic rings. The Bertz CT molecular complexity index is 807. The monoisotopic (exact) mass is 320 g/mol. The van der Waals surface area contributed by atoms with Gasteiger partial charge in [-0.05, 0) is 24.5 Å². The molecular formula is C20H20N2O2. The summed E-state index contributed by atoms with van der Waals surface area (Å²) in [6.07, 6.45) is 1.73. The smallest absolute Gasteiger partial charge is 0.259 e. The van der Waals surface area contributed by atoms with Crippen molar-refractivity contribution in [1.82, 2.24) is 4.90 Å². The van der Waals surface area contributed by atoms with Gasteiger partial charge in [0.1, 0.15) is 5.76 Å². The normalized spacial score (nSPS) is 14.6. The summed E-state index contributed by atoms with van der Waals surface area (Å²) in [6, 6.07) is 15.3. The second kappa shape index (κ2) is 6.71. The summed E-state index contributed by atoms with van der Waals surface area (Å²) >= 11 is 0. The third kappa shape index (κ3) is 3.08. The fraction of sp³-hybridized carbons (Fsp3) is 0.200. The first-order valence-corrected chi connectivity index (χ1v) is 7.97. The van der Waals surface area contributed by atoms with Crippen molar-refractivity contribution in [2.45, 2.75) is 19.9 Å². The summed E-state index contributed by atoms with van der Waals surface area (Å²) in [7, 11) is 0. The number of amides is 1. The molecule has 4 heteroatoms. The second-order valence-electron chi connectivity index (χ2n) is 6.02. The van der Waals surface area contributed by atoms with E-state index in [9.17, 15) is 9.90 Å². The summed E-state index contributed by atoms with van der Waals surface area (Å²) < 4.78 is 0. The highest BCUT2D eigenvalue weighted by molar-refractivity contribution is 6.16. The number of aliphatic hydroxyl groups is 1. The number of rotatable bonds is 3. The Hall–Kier alpha value is -2.88. The quantitative estimate of drug-likeness (QED) is 0.516. The average Bonchev–Trinajstić information content (AvgIpc) is 2.62. The van der Waals surface area contributed by atoms with E-state index in [1.807, 2.05) is 37.3 Å². The molecule has 0 bridgehead atoms. The van der Waals surface area contributed by atoms with Crippen molar-refractivity contribution in [1.29, 1.82) is 5.41 Å². The number of fused-ring (bicyclic) bond motifs is 1. The van der Waals surface area contributed by atoms with E-state index < -0.39 is 0 Å². The Kier molecular flexibility index (Phi) is 4.47. The maximum atomic E-state index is 12.8. The van der Waals surface area contributed by atoms with Gasteiger partial charge in [0.25, 0.3) is 5.91 Å². The highest BCUT2D eigenvalue weighted by atomic mass is 16.3. The minimum Gasteiger partial charge on any atom is -0.506 e. The van der Waals surface area contributed by atoms with Gasteiger partial charge in [0, 0.05) is 24.9 Å². The number of nitrogens with one attached hydrogen (secondary N) is 1. The maximum Gasteiger partial charge on any atom is 0.259 e. The molecule has 0 aliphatic carbocycles. The van der Waals surface area contributed by atoms with Crippen molar-refractivity contribution >= 4 is 17.9 Å². The summed E-state index contributed by atoms with van der Waals surface area (Å²) in [6.45, 7) is 3.06. The summed E-state index contributed by atoms with van der Waals surface area (Å²) in [5, 5.41) is 18.0. The van der Waals surface area contributed by atoms with Gasteiger partial charge in [0.05, 0.1) is 5.57 Å². The Labute approximate surface area is 141 Å². The van der Waals surface area contributed by atoms with E-state index in [1.165, 1.54) is 5.56 Å². The van der Waals surface area contributed by atoms with Crippen molar-refractivity contribution in [3.8, 4) is 0 Å². The van der Waals surface area contributed by atoms with Crippen LogP contribution in [0.4, 0.5) is 0 Å². The first kappa shape index (κ1) is 16.0. The lowest BCUT2D eigenvalue weighted by Crippen LogP contribution is -2.37. The van der Waals surface area contributed by atoms with E-state index >= 15 is 0 Å². The molecule has 3 rings (SSSR count). The van der Waals surface area contributed by atoms with Crippen LogP contribution in [-0.2, 0) is 17.8 Å². The molecule has 2 N–H and O–H groups in total. The number of aryl methyl sites for hydroxylation is 1. The molecule has 0 atom stereocenters. The van der Waals surface area contributed by atoms with Crippen LogP contribution in [-0.4, -0.2) is 28.7 Å². The van der Waals surface area contributed by atoms with Gasteiger partial charge in [-0.1, -0.05) is 54.1 Å². The highest BCUT2D eigenvalue weighted by Crippen LogP contribution is 2.22. The fourth-order valence-corrected chi connectivity index (χ4v) is 2.94. The van der Waals surface area contributed by atoms with Crippen molar-refractivity contribution in [3.63, 3.8) is 0 Å². The third-order valence-corrected chi connectivity index (χ3v) is 4.37. The molecule has 0 saturated carbocycles. The number of aliphatic hydroxyl groups excluding tert-OH is 1. The van der Waals surface area contributed by atoms with Crippen molar-refractivity contribution in [2.24, 2.45) is 0 Å². The predicted molar refractivity (Wildman–Crippen MR) is 95.1 cm³/mol. The molecule has 0 fully saturated rings. The minimum atomic E-state index is -0.308. The average molecular weight is 320 g/mol. The number of carbonyl (C=O) groups is 1. The molecule has 0 spiro atoms. The highest BCUT2D eigenvalue weighted by Gasteiger charge is 2.24. The van der Waals surface area contributed by atoms with E-state index in [0.717, 1.165) is 23.8 Å². The van der Waals surface area contributed by atoms with E-state index in [4.69, 9.17) is 5.41 Å². The van der Waals surface area contributed by atoms with Gasteiger partial charge in [0.15, 0.2) is 0 Å². The Morgan fingerprint density at radius 1 is 1.12 bits per heavy atom. The molecule has 0 radical (unpaired) electrons. The third-order valence-electron chi connectivity index (χ3n) is 4.37. The number of hydrogen-bond acceptors (Lipinski definition) is 3. The maximum absolute atomic E-state index is 12.8. The molecule has 0 saturated heterocycles. The lowest BCUT2D eigenvalue weighted by atomic mass is 9.99. The van der Waals surface area contributed by atoms with Gasteiger partial charge in [-0.2, -0.15) is 0 Å². The largest absolute Gasteiger partial charge is 0.506 e. The lowest BCUT2D eigenvalue weighted by Gasteiger charge is -2.29. The van der Waals surface area contributed by atoms with Crippen LogP contribution < -0.4 is 0 Å².